The summed E-state index contributed by atoms with van der Waals surface area (Å²) in [5.74, 6) is 12.8. The molecule has 1 heteroatoms. The smallest absolute Gasteiger partial charge is 0.113 e. The molecule has 1 heterocycles. The summed E-state index contributed by atoms with van der Waals surface area (Å²) in [4.78, 5) is 4.47. The van der Waals surface area contributed by atoms with Crippen molar-refractivity contribution in [3.63, 3.8) is 0 Å². The Kier molecular flexibility index (Phi) is 11.0. The first-order valence-corrected chi connectivity index (χ1v) is 12.9. The lowest BCUT2D eigenvalue weighted by Crippen LogP contribution is -1.87. The minimum atomic E-state index is 0.765. The van der Waals surface area contributed by atoms with Gasteiger partial charge in [0.1, 0.15) is 5.69 Å². The van der Waals surface area contributed by atoms with Crippen LogP contribution in [0.1, 0.15) is 98.7 Å². The fraction of sp³-hybridized carbons (Fsp3) is 0.364. The number of benzene rings is 2. The molecule has 1 nitrogen and oxygen atoms in total. The number of nitrogens with zero attached hydrogens (tertiary/aromatic N) is 1. The highest BCUT2D eigenvalue weighted by Crippen LogP contribution is 2.11. The third kappa shape index (κ3) is 9.29. The van der Waals surface area contributed by atoms with Gasteiger partial charge in [0.25, 0.3) is 0 Å². The standard InChI is InChI=1S/C33H37N/c1-3-5-7-9-11-28-13-17-30(18-14-28)21-22-32-24-26-33(34-27-32)25-23-31-19-15-29(16-20-31)12-10-8-6-4-2/h13-20,24,26-27H,3-12H2,1-2H3. The average Bonchev–Trinajstić information content (AvgIpc) is 2.89. The molecule has 0 aliphatic heterocycles. The van der Waals surface area contributed by atoms with Crippen LogP contribution in [0, 0.1) is 23.7 Å². The number of pyridine rings is 1. The van der Waals surface area contributed by atoms with Crippen LogP contribution in [0.2, 0.25) is 0 Å². The lowest BCUT2D eigenvalue weighted by Gasteiger charge is -2.01. The van der Waals surface area contributed by atoms with E-state index in [0.717, 1.165) is 35.2 Å². The highest BCUT2D eigenvalue weighted by molar-refractivity contribution is 5.45. The first-order valence-electron chi connectivity index (χ1n) is 12.9. The molecule has 0 N–H and O–H groups in total. The minimum absolute atomic E-state index is 0.765. The molecule has 0 atom stereocenters. The molecule has 0 amide bonds. The highest BCUT2D eigenvalue weighted by atomic mass is 14.7. The van der Waals surface area contributed by atoms with E-state index in [4.69, 9.17) is 0 Å². The van der Waals surface area contributed by atoms with Crippen molar-refractivity contribution in [3.8, 4) is 23.7 Å². The molecule has 3 rings (SSSR count). The predicted molar refractivity (Wildman–Crippen MR) is 145 cm³/mol. The number of hydrogen-bond acceptors (Lipinski definition) is 1. The lowest BCUT2D eigenvalue weighted by molar-refractivity contribution is 0.667. The van der Waals surface area contributed by atoms with E-state index in [0.29, 0.717) is 0 Å². The van der Waals surface area contributed by atoms with Crippen molar-refractivity contribution < 1.29 is 0 Å². The van der Waals surface area contributed by atoms with Crippen molar-refractivity contribution in [2.45, 2.75) is 78.1 Å². The van der Waals surface area contributed by atoms with Crippen molar-refractivity contribution in [2.75, 3.05) is 0 Å². The lowest BCUT2D eigenvalue weighted by atomic mass is 10.0. The molecule has 0 saturated carbocycles. The van der Waals surface area contributed by atoms with Gasteiger partial charge in [-0.05, 0) is 79.1 Å². The molecule has 34 heavy (non-hydrogen) atoms. The molecule has 3 aromatic rings. The van der Waals surface area contributed by atoms with E-state index in [1.54, 1.807) is 6.20 Å². The maximum atomic E-state index is 4.47. The van der Waals surface area contributed by atoms with Gasteiger partial charge in [0, 0.05) is 22.9 Å². The van der Waals surface area contributed by atoms with Gasteiger partial charge >= 0.3 is 0 Å². The SMILES string of the molecule is CCCCCCc1ccc(C#Cc2ccc(C#Cc3ccc(CCCCCC)cc3)nc2)cc1. The van der Waals surface area contributed by atoms with E-state index in [2.05, 4.69) is 91.0 Å². The number of unbranched alkanes of at least 4 members (excludes halogenated alkanes) is 6. The summed E-state index contributed by atoms with van der Waals surface area (Å²) in [6, 6.07) is 21.2. The molecule has 0 aliphatic carbocycles. The second-order valence-electron chi connectivity index (χ2n) is 8.95. The van der Waals surface area contributed by atoms with Crippen LogP contribution in [0.25, 0.3) is 0 Å². The van der Waals surface area contributed by atoms with E-state index in [9.17, 15) is 0 Å². The Hall–Kier alpha value is -3.29. The Morgan fingerprint density at radius 3 is 1.44 bits per heavy atom. The van der Waals surface area contributed by atoms with Gasteiger partial charge < -0.3 is 0 Å². The van der Waals surface area contributed by atoms with E-state index in [1.165, 1.54) is 62.5 Å². The Bertz CT molecular complexity index is 1010. The van der Waals surface area contributed by atoms with Crippen LogP contribution >= 0.6 is 0 Å². The number of aryl methyl sites for hydroxylation is 2. The third-order valence-corrected chi connectivity index (χ3v) is 6.00. The zero-order valence-electron chi connectivity index (χ0n) is 20.9. The second kappa shape index (κ2) is 14.8. The molecule has 0 radical (unpaired) electrons. The maximum absolute atomic E-state index is 4.47. The van der Waals surface area contributed by atoms with Gasteiger partial charge in [-0.15, -0.1) is 0 Å². The Labute approximate surface area is 207 Å². The molecule has 1 aromatic heterocycles. The van der Waals surface area contributed by atoms with Crippen molar-refractivity contribution >= 4 is 0 Å². The van der Waals surface area contributed by atoms with E-state index < -0.39 is 0 Å². The van der Waals surface area contributed by atoms with Crippen molar-refractivity contribution in [2.24, 2.45) is 0 Å². The molecule has 0 aliphatic rings. The third-order valence-electron chi connectivity index (χ3n) is 6.00. The van der Waals surface area contributed by atoms with Gasteiger partial charge in [-0.25, -0.2) is 4.98 Å². The largest absolute Gasteiger partial charge is 0.246 e. The number of hydrogen-bond donors (Lipinski definition) is 0. The summed E-state index contributed by atoms with van der Waals surface area (Å²) < 4.78 is 0. The summed E-state index contributed by atoms with van der Waals surface area (Å²) >= 11 is 0. The normalized spacial score (nSPS) is 10.2. The average molecular weight is 448 g/mol. The van der Waals surface area contributed by atoms with Gasteiger partial charge in [0.05, 0.1) is 0 Å². The molecule has 0 spiro atoms. The van der Waals surface area contributed by atoms with E-state index in [1.807, 2.05) is 12.1 Å². The van der Waals surface area contributed by atoms with Crippen molar-refractivity contribution in [1.82, 2.24) is 4.98 Å². The first kappa shape index (κ1) is 25.3. The monoisotopic (exact) mass is 447 g/mol. The summed E-state index contributed by atoms with van der Waals surface area (Å²) in [6.45, 7) is 4.50. The van der Waals surface area contributed by atoms with Crippen LogP contribution in [0.15, 0.2) is 66.9 Å². The topological polar surface area (TPSA) is 12.9 Å². The predicted octanol–water partition coefficient (Wildman–Crippen LogP) is 8.13. The highest BCUT2D eigenvalue weighted by Gasteiger charge is 1.96. The zero-order chi connectivity index (χ0) is 23.8. The van der Waals surface area contributed by atoms with E-state index >= 15 is 0 Å². The Balaban J connectivity index is 1.50. The first-order chi connectivity index (χ1) is 16.8. The van der Waals surface area contributed by atoms with E-state index in [-0.39, 0.29) is 0 Å². The second-order valence-corrected chi connectivity index (χ2v) is 8.95. The van der Waals surface area contributed by atoms with Gasteiger partial charge in [-0.1, -0.05) is 94.4 Å². The maximum Gasteiger partial charge on any atom is 0.113 e. The van der Waals surface area contributed by atoms with Crippen LogP contribution in [0.5, 0.6) is 0 Å². The fourth-order valence-electron chi connectivity index (χ4n) is 3.84. The van der Waals surface area contributed by atoms with Gasteiger partial charge in [-0.3, -0.25) is 0 Å². The van der Waals surface area contributed by atoms with Gasteiger partial charge in [0.2, 0.25) is 0 Å². The van der Waals surface area contributed by atoms with Gasteiger partial charge in [0.15, 0.2) is 0 Å². The quantitative estimate of drug-likeness (QED) is 0.226. The summed E-state index contributed by atoms with van der Waals surface area (Å²) in [7, 11) is 0. The Morgan fingerprint density at radius 1 is 0.500 bits per heavy atom. The van der Waals surface area contributed by atoms with Crippen LogP contribution in [-0.2, 0) is 12.8 Å². The molecule has 0 fully saturated rings. The molecule has 2 aromatic carbocycles. The van der Waals surface area contributed by atoms with Crippen molar-refractivity contribution in [3.05, 3.63) is 100 Å². The van der Waals surface area contributed by atoms with Crippen LogP contribution in [-0.4, -0.2) is 4.98 Å². The molecular weight excluding hydrogens is 410 g/mol. The number of rotatable bonds is 10. The molecule has 174 valence electrons. The Morgan fingerprint density at radius 2 is 0.971 bits per heavy atom. The number of aromatic nitrogens is 1. The summed E-state index contributed by atoms with van der Waals surface area (Å²) in [6.07, 6.45) is 14.5. The molecule has 0 bridgehead atoms. The van der Waals surface area contributed by atoms with Crippen LogP contribution in [0.3, 0.4) is 0 Å². The minimum Gasteiger partial charge on any atom is -0.246 e. The van der Waals surface area contributed by atoms with Gasteiger partial charge in [-0.2, -0.15) is 0 Å². The zero-order valence-corrected chi connectivity index (χ0v) is 20.9. The summed E-state index contributed by atoms with van der Waals surface area (Å²) in [5, 5.41) is 0. The fourth-order valence-corrected chi connectivity index (χ4v) is 3.84. The van der Waals surface area contributed by atoms with Crippen molar-refractivity contribution in [1.29, 1.82) is 0 Å². The molecule has 0 unspecified atom stereocenters. The summed E-state index contributed by atoms with van der Waals surface area (Å²) in [5.41, 5.74) is 6.52. The molecular formula is C33H37N. The van der Waals surface area contributed by atoms with Crippen LogP contribution in [0.4, 0.5) is 0 Å². The van der Waals surface area contributed by atoms with Crippen LogP contribution < -0.4 is 0 Å². The molecule has 0 saturated heterocycles.